The van der Waals surface area contributed by atoms with Crippen LogP contribution in [0.1, 0.15) is 10.4 Å². The molecule has 12 heteroatoms. The lowest BCUT2D eigenvalue weighted by Crippen LogP contribution is -2.20. The van der Waals surface area contributed by atoms with E-state index in [0.29, 0.717) is 98.1 Å². The Hall–Kier alpha value is -1.23. The van der Waals surface area contributed by atoms with Crippen LogP contribution in [0, 0.1) is 0 Å². The summed E-state index contributed by atoms with van der Waals surface area (Å²) in [5.41, 5.74) is 0.300. The number of hydrogen-bond donors (Lipinski definition) is 0. The number of carbonyl (C=O) groups excluding carboxylic acids is 2. The number of ether oxygens (including phenoxy) is 9. The summed E-state index contributed by atoms with van der Waals surface area (Å²) in [4.78, 5) is 23.5. The lowest BCUT2D eigenvalue weighted by Gasteiger charge is -2.08. The third-order valence-electron chi connectivity index (χ3n) is 4.51. The molecule has 11 nitrogen and oxygen atoms in total. The van der Waals surface area contributed by atoms with Crippen molar-refractivity contribution in [3.05, 3.63) is 35.9 Å². The fraction of sp³-hybridized carbons (Fsp3) is 0.692. The number of rotatable bonds is 28. The van der Waals surface area contributed by atoms with Crippen LogP contribution in [-0.2, 0) is 47.4 Å². The summed E-state index contributed by atoms with van der Waals surface area (Å²) in [5.74, 6) is -1.56. The Morgan fingerprint density at radius 1 is 0.474 bits per heavy atom. The van der Waals surface area contributed by atoms with Gasteiger partial charge in [0.15, 0.2) is 0 Å². The zero-order valence-corrected chi connectivity index (χ0v) is 24.1. The third kappa shape index (κ3) is 21.7. The quantitative estimate of drug-likeness (QED) is 0.0329. The molecular formula is C26H41IO11. The number of halogens is 1. The molecule has 0 aliphatic heterocycles. The van der Waals surface area contributed by atoms with Gasteiger partial charge >= 0.3 is 5.97 Å². The molecule has 0 amide bonds. The maximum atomic E-state index is 11.8. The Morgan fingerprint density at radius 2 is 0.789 bits per heavy atom. The highest BCUT2D eigenvalue weighted by Gasteiger charge is 2.17. The predicted octanol–water partition coefficient (Wildman–Crippen LogP) is 1.98. The van der Waals surface area contributed by atoms with Crippen molar-refractivity contribution in [2.24, 2.45) is 0 Å². The van der Waals surface area contributed by atoms with Crippen molar-refractivity contribution in [2.45, 2.75) is 0 Å². The second-order valence-corrected chi connectivity index (χ2v) is 8.50. The SMILES string of the molecule is O=C(OCCOCCOCCOCCOCCOCCOCCOCCOCCI)C(=O)c1ccccc1. The molecule has 0 aliphatic carbocycles. The number of carbonyl (C=O) groups is 2. The standard InChI is InChI=1S/C26H41IO11/c27-6-7-30-8-9-31-10-11-32-12-13-33-14-15-34-16-17-35-18-19-36-20-21-37-22-23-38-26(29)25(28)24-4-2-1-3-5-24/h1-5H,6-23H2. The molecule has 0 bridgehead atoms. The van der Waals surface area contributed by atoms with Gasteiger partial charge in [0.2, 0.25) is 0 Å². The second kappa shape index (κ2) is 27.3. The summed E-state index contributed by atoms with van der Waals surface area (Å²) in [7, 11) is 0. The number of benzene rings is 1. The number of alkyl halides is 1. The van der Waals surface area contributed by atoms with Crippen LogP contribution in [0.2, 0.25) is 0 Å². The highest BCUT2D eigenvalue weighted by atomic mass is 127. The molecule has 0 N–H and O–H groups in total. The van der Waals surface area contributed by atoms with Crippen LogP contribution in [0.5, 0.6) is 0 Å². The van der Waals surface area contributed by atoms with Gasteiger partial charge < -0.3 is 42.6 Å². The van der Waals surface area contributed by atoms with Gasteiger partial charge in [-0.15, -0.1) is 0 Å². The van der Waals surface area contributed by atoms with Crippen LogP contribution >= 0.6 is 22.6 Å². The average molecular weight is 657 g/mol. The Labute approximate surface area is 238 Å². The monoisotopic (exact) mass is 656 g/mol. The van der Waals surface area contributed by atoms with E-state index in [-0.39, 0.29) is 13.2 Å². The predicted molar refractivity (Wildman–Crippen MR) is 147 cm³/mol. The first-order valence-electron chi connectivity index (χ1n) is 12.7. The maximum Gasteiger partial charge on any atom is 0.379 e. The molecule has 0 aromatic heterocycles. The lowest BCUT2D eigenvalue weighted by atomic mass is 10.1. The molecule has 1 aromatic carbocycles. The molecule has 0 fully saturated rings. The number of Topliss-reactive ketones (excluding diaryl/α,β-unsaturated/α-hetero) is 1. The van der Waals surface area contributed by atoms with Crippen molar-refractivity contribution < 1.29 is 52.2 Å². The van der Waals surface area contributed by atoms with Crippen LogP contribution < -0.4 is 0 Å². The molecule has 1 rings (SSSR count). The molecule has 0 unspecified atom stereocenters. The number of esters is 1. The van der Waals surface area contributed by atoms with Crippen molar-refractivity contribution in [3.63, 3.8) is 0 Å². The van der Waals surface area contributed by atoms with E-state index >= 15 is 0 Å². The number of ketones is 1. The second-order valence-electron chi connectivity index (χ2n) is 7.42. The summed E-state index contributed by atoms with van der Waals surface area (Å²) in [6.45, 7) is 7.83. The van der Waals surface area contributed by atoms with Gasteiger partial charge in [-0.3, -0.25) is 4.79 Å². The zero-order valence-electron chi connectivity index (χ0n) is 22.0. The summed E-state index contributed by atoms with van der Waals surface area (Å²) in [6, 6.07) is 8.27. The van der Waals surface area contributed by atoms with Crippen molar-refractivity contribution >= 4 is 34.3 Å². The third-order valence-corrected chi connectivity index (χ3v) is 4.95. The molecule has 0 radical (unpaired) electrons. The maximum absolute atomic E-state index is 11.8. The summed E-state index contributed by atoms with van der Waals surface area (Å²) in [6.07, 6.45) is 0. The first kappa shape index (κ1) is 34.8. The molecule has 0 saturated carbocycles. The van der Waals surface area contributed by atoms with Gasteiger partial charge in [-0.1, -0.05) is 52.9 Å². The molecule has 0 aliphatic rings. The first-order valence-corrected chi connectivity index (χ1v) is 14.2. The summed E-state index contributed by atoms with van der Waals surface area (Å²) in [5, 5.41) is 0. The van der Waals surface area contributed by atoms with Crippen molar-refractivity contribution in [2.75, 3.05) is 117 Å². The van der Waals surface area contributed by atoms with E-state index in [4.69, 9.17) is 42.6 Å². The molecule has 38 heavy (non-hydrogen) atoms. The Morgan fingerprint density at radius 3 is 1.13 bits per heavy atom. The minimum atomic E-state index is -0.892. The molecule has 0 atom stereocenters. The van der Waals surface area contributed by atoms with Gasteiger partial charge in [0, 0.05) is 9.99 Å². The highest BCUT2D eigenvalue weighted by molar-refractivity contribution is 14.1. The first-order chi connectivity index (χ1) is 18.8. The largest absolute Gasteiger partial charge is 0.457 e. The van der Waals surface area contributed by atoms with Gasteiger partial charge in [0.05, 0.1) is 106 Å². The van der Waals surface area contributed by atoms with E-state index in [1.807, 2.05) is 0 Å². The van der Waals surface area contributed by atoms with Crippen LogP contribution in [0.25, 0.3) is 0 Å². The minimum Gasteiger partial charge on any atom is -0.457 e. The molecule has 218 valence electrons. The minimum absolute atomic E-state index is 0.00437. The van der Waals surface area contributed by atoms with E-state index in [2.05, 4.69) is 22.6 Å². The van der Waals surface area contributed by atoms with Crippen molar-refractivity contribution in [3.8, 4) is 0 Å². The lowest BCUT2D eigenvalue weighted by molar-refractivity contribution is -0.139. The number of hydrogen-bond acceptors (Lipinski definition) is 11. The highest BCUT2D eigenvalue weighted by Crippen LogP contribution is 2.01. The van der Waals surface area contributed by atoms with E-state index in [1.54, 1.807) is 30.3 Å². The Kier molecular flexibility index (Phi) is 25.0. The van der Waals surface area contributed by atoms with Gasteiger partial charge in [0.1, 0.15) is 6.61 Å². The molecule has 0 heterocycles. The fourth-order valence-electron chi connectivity index (χ4n) is 2.66. The van der Waals surface area contributed by atoms with Crippen LogP contribution in [0.15, 0.2) is 30.3 Å². The fourth-order valence-corrected chi connectivity index (χ4v) is 2.97. The van der Waals surface area contributed by atoms with Gasteiger partial charge in [-0.25, -0.2) is 4.79 Å². The van der Waals surface area contributed by atoms with E-state index in [0.717, 1.165) is 11.0 Å². The molecule has 1 aromatic rings. The topological polar surface area (TPSA) is 117 Å². The van der Waals surface area contributed by atoms with Crippen molar-refractivity contribution in [1.29, 1.82) is 0 Å². The molecular weight excluding hydrogens is 615 g/mol. The zero-order chi connectivity index (χ0) is 27.4. The van der Waals surface area contributed by atoms with Crippen LogP contribution in [-0.4, -0.2) is 128 Å². The molecule has 0 saturated heterocycles. The van der Waals surface area contributed by atoms with E-state index in [9.17, 15) is 9.59 Å². The Balaban J connectivity index is 1.71. The summed E-state index contributed by atoms with van der Waals surface area (Å²) < 4.78 is 49.0. The summed E-state index contributed by atoms with van der Waals surface area (Å²) >= 11 is 2.27. The Bertz CT molecular complexity index is 678. The van der Waals surface area contributed by atoms with Gasteiger partial charge in [-0.2, -0.15) is 0 Å². The van der Waals surface area contributed by atoms with Crippen LogP contribution in [0.4, 0.5) is 0 Å². The smallest absolute Gasteiger partial charge is 0.379 e. The van der Waals surface area contributed by atoms with Gasteiger partial charge in [0.25, 0.3) is 5.78 Å². The van der Waals surface area contributed by atoms with Crippen molar-refractivity contribution in [1.82, 2.24) is 0 Å². The van der Waals surface area contributed by atoms with E-state index in [1.165, 1.54) is 0 Å². The van der Waals surface area contributed by atoms with Crippen LogP contribution in [0.3, 0.4) is 0 Å². The molecule has 0 spiro atoms. The normalized spacial score (nSPS) is 11.1. The van der Waals surface area contributed by atoms with Gasteiger partial charge in [-0.05, 0) is 0 Å². The average Bonchev–Trinajstić information content (AvgIpc) is 2.94. The van der Waals surface area contributed by atoms with E-state index < -0.39 is 11.8 Å².